The highest BCUT2D eigenvalue weighted by atomic mass is 16.5. The van der Waals surface area contributed by atoms with Gasteiger partial charge in [0.05, 0.1) is 6.10 Å². The molecule has 2 N–H and O–H groups in total. The summed E-state index contributed by atoms with van der Waals surface area (Å²) in [6.45, 7) is 5.66. The van der Waals surface area contributed by atoms with Crippen molar-refractivity contribution in [2.45, 2.75) is 32.8 Å². The Morgan fingerprint density at radius 3 is 2.56 bits per heavy atom. The van der Waals surface area contributed by atoms with E-state index in [1.54, 1.807) is 0 Å². The molecule has 0 radical (unpaired) electrons. The number of hydrogen-bond acceptors (Lipinski definition) is 3. The smallest absolute Gasteiger partial charge is 0.0720 e. The van der Waals surface area contributed by atoms with Crippen molar-refractivity contribution < 1.29 is 4.74 Å². The topological polar surface area (TPSA) is 48.1 Å². The van der Waals surface area contributed by atoms with Crippen molar-refractivity contribution in [1.29, 1.82) is 0 Å². The Kier molecular flexibility index (Phi) is 6.04. The molecule has 1 rings (SSSR count). The minimum atomic E-state index is 0.192. The van der Waals surface area contributed by atoms with Crippen LogP contribution in [-0.4, -0.2) is 24.2 Å². The zero-order chi connectivity index (χ0) is 11.8. The van der Waals surface area contributed by atoms with Crippen molar-refractivity contribution in [3.05, 3.63) is 30.1 Å². The molecule has 1 atom stereocenters. The zero-order valence-corrected chi connectivity index (χ0v) is 10.2. The molecule has 90 valence electrons. The van der Waals surface area contributed by atoms with Crippen LogP contribution < -0.4 is 5.73 Å². The second-order valence-electron chi connectivity index (χ2n) is 4.35. The van der Waals surface area contributed by atoms with Crippen LogP contribution >= 0.6 is 0 Å². The lowest BCUT2D eigenvalue weighted by Crippen LogP contribution is -2.29. The predicted molar refractivity (Wildman–Crippen MR) is 66.2 cm³/mol. The lowest BCUT2D eigenvalue weighted by atomic mass is 10.1. The summed E-state index contributed by atoms with van der Waals surface area (Å²) in [7, 11) is 0. The first-order valence-electron chi connectivity index (χ1n) is 5.94. The molecule has 1 heterocycles. The standard InChI is InChI=1S/C13H22N2O/c1-11(2)13(10-14)16-9-3-4-12-5-7-15-8-6-12/h5-8,11,13H,3-4,9-10,14H2,1-2H3. The van der Waals surface area contributed by atoms with E-state index in [1.807, 2.05) is 24.5 Å². The molecule has 3 heteroatoms. The highest BCUT2D eigenvalue weighted by Crippen LogP contribution is 2.07. The number of hydrogen-bond donors (Lipinski definition) is 1. The summed E-state index contributed by atoms with van der Waals surface area (Å²) in [5.74, 6) is 0.492. The van der Waals surface area contributed by atoms with E-state index in [4.69, 9.17) is 10.5 Å². The van der Waals surface area contributed by atoms with Gasteiger partial charge in [0.1, 0.15) is 0 Å². The van der Waals surface area contributed by atoms with Gasteiger partial charge in [-0.2, -0.15) is 0 Å². The number of pyridine rings is 1. The molecule has 3 nitrogen and oxygen atoms in total. The van der Waals surface area contributed by atoms with E-state index >= 15 is 0 Å². The van der Waals surface area contributed by atoms with Gasteiger partial charge < -0.3 is 10.5 Å². The SMILES string of the molecule is CC(C)C(CN)OCCCc1ccncc1. The second kappa shape index (κ2) is 7.36. The highest BCUT2D eigenvalue weighted by molar-refractivity contribution is 5.09. The van der Waals surface area contributed by atoms with Gasteiger partial charge in [0, 0.05) is 25.5 Å². The van der Waals surface area contributed by atoms with Crippen LogP contribution in [0.2, 0.25) is 0 Å². The number of rotatable bonds is 7. The fourth-order valence-electron chi connectivity index (χ4n) is 1.59. The first kappa shape index (κ1) is 13.1. The fraction of sp³-hybridized carbons (Fsp3) is 0.615. The van der Waals surface area contributed by atoms with Gasteiger partial charge in [-0.3, -0.25) is 4.98 Å². The zero-order valence-electron chi connectivity index (χ0n) is 10.2. The monoisotopic (exact) mass is 222 g/mol. The summed E-state index contributed by atoms with van der Waals surface area (Å²) in [6.07, 6.45) is 5.92. The van der Waals surface area contributed by atoms with Crippen molar-refractivity contribution in [3.8, 4) is 0 Å². The van der Waals surface area contributed by atoms with E-state index in [1.165, 1.54) is 5.56 Å². The second-order valence-corrected chi connectivity index (χ2v) is 4.35. The maximum atomic E-state index is 5.73. The van der Waals surface area contributed by atoms with Crippen LogP contribution in [0, 0.1) is 5.92 Å². The average molecular weight is 222 g/mol. The van der Waals surface area contributed by atoms with Gasteiger partial charge >= 0.3 is 0 Å². The molecule has 0 aliphatic rings. The molecule has 1 unspecified atom stereocenters. The largest absolute Gasteiger partial charge is 0.377 e. The predicted octanol–water partition coefficient (Wildman–Crippen LogP) is 2.01. The lowest BCUT2D eigenvalue weighted by Gasteiger charge is -2.19. The molecule has 1 aromatic rings. The van der Waals surface area contributed by atoms with Crippen LogP contribution in [0.25, 0.3) is 0 Å². The van der Waals surface area contributed by atoms with Gasteiger partial charge in [0.2, 0.25) is 0 Å². The molecule has 0 aliphatic carbocycles. The molecule has 16 heavy (non-hydrogen) atoms. The van der Waals surface area contributed by atoms with E-state index < -0.39 is 0 Å². The third-order valence-electron chi connectivity index (χ3n) is 2.67. The van der Waals surface area contributed by atoms with Gasteiger partial charge in [-0.15, -0.1) is 0 Å². The van der Waals surface area contributed by atoms with Crippen molar-refractivity contribution in [2.24, 2.45) is 11.7 Å². The number of nitrogens with zero attached hydrogens (tertiary/aromatic N) is 1. The first-order chi connectivity index (χ1) is 7.74. The Morgan fingerprint density at radius 2 is 2.00 bits per heavy atom. The van der Waals surface area contributed by atoms with Crippen LogP contribution in [0.3, 0.4) is 0 Å². The average Bonchev–Trinajstić information content (AvgIpc) is 2.30. The van der Waals surface area contributed by atoms with Crippen LogP contribution in [0.15, 0.2) is 24.5 Å². The molecule has 1 aromatic heterocycles. The summed E-state index contributed by atoms with van der Waals surface area (Å²) in [5, 5.41) is 0. The van der Waals surface area contributed by atoms with Crippen molar-refractivity contribution in [3.63, 3.8) is 0 Å². The minimum Gasteiger partial charge on any atom is -0.377 e. The van der Waals surface area contributed by atoms with Gasteiger partial charge in [-0.1, -0.05) is 13.8 Å². The molecular weight excluding hydrogens is 200 g/mol. The minimum absolute atomic E-state index is 0.192. The molecule has 0 spiro atoms. The maximum absolute atomic E-state index is 5.73. The molecular formula is C13H22N2O. The summed E-state index contributed by atoms with van der Waals surface area (Å²) in [6, 6.07) is 4.09. The lowest BCUT2D eigenvalue weighted by molar-refractivity contribution is 0.0274. The highest BCUT2D eigenvalue weighted by Gasteiger charge is 2.10. The molecule has 0 bridgehead atoms. The third kappa shape index (κ3) is 4.73. The molecule has 0 saturated carbocycles. The van der Waals surface area contributed by atoms with Crippen LogP contribution in [-0.2, 0) is 11.2 Å². The molecule has 0 aromatic carbocycles. The van der Waals surface area contributed by atoms with E-state index in [0.717, 1.165) is 19.4 Å². The molecule has 0 fully saturated rings. The van der Waals surface area contributed by atoms with Crippen molar-refractivity contribution in [2.75, 3.05) is 13.2 Å². The van der Waals surface area contributed by atoms with E-state index in [0.29, 0.717) is 12.5 Å². The van der Waals surface area contributed by atoms with Crippen LogP contribution in [0.5, 0.6) is 0 Å². The van der Waals surface area contributed by atoms with E-state index in [2.05, 4.69) is 18.8 Å². The van der Waals surface area contributed by atoms with Crippen molar-refractivity contribution in [1.82, 2.24) is 4.98 Å². The normalized spacial score (nSPS) is 13.0. The maximum Gasteiger partial charge on any atom is 0.0720 e. The van der Waals surface area contributed by atoms with Gasteiger partial charge in [-0.05, 0) is 36.5 Å². The third-order valence-corrected chi connectivity index (χ3v) is 2.67. The van der Waals surface area contributed by atoms with Gasteiger partial charge in [-0.25, -0.2) is 0 Å². The van der Waals surface area contributed by atoms with Gasteiger partial charge in [0.25, 0.3) is 0 Å². The number of nitrogens with two attached hydrogens (primary N) is 1. The number of aromatic nitrogens is 1. The number of ether oxygens (including phenoxy) is 1. The van der Waals surface area contributed by atoms with E-state index in [-0.39, 0.29) is 6.10 Å². The van der Waals surface area contributed by atoms with Gasteiger partial charge in [0.15, 0.2) is 0 Å². The summed E-state index contributed by atoms with van der Waals surface area (Å²) in [5.41, 5.74) is 6.95. The first-order valence-corrected chi connectivity index (χ1v) is 5.94. The van der Waals surface area contributed by atoms with Crippen LogP contribution in [0.4, 0.5) is 0 Å². The number of aryl methyl sites for hydroxylation is 1. The molecule has 0 aliphatic heterocycles. The Balaban J connectivity index is 2.16. The summed E-state index contributed by atoms with van der Waals surface area (Å²) < 4.78 is 5.73. The summed E-state index contributed by atoms with van der Waals surface area (Å²) in [4.78, 5) is 3.99. The molecule has 0 saturated heterocycles. The Bertz CT molecular complexity index is 275. The van der Waals surface area contributed by atoms with Crippen molar-refractivity contribution >= 4 is 0 Å². The Morgan fingerprint density at radius 1 is 1.31 bits per heavy atom. The van der Waals surface area contributed by atoms with E-state index in [9.17, 15) is 0 Å². The Hall–Kier alpha value is -0.930. The quantitative estimate of drug-likeness (QED) is 0.718. The van der Waals surface area contributed by atoms with Crippen LogP contribution in [0.1, 0.15) is 25.8 Å². The summed E-state index contributed by atoms with van der Waals surface area (Å²) >= 11 is 0. The molecule has 0 amide bonds. The fourth-order valence-corrected chi connectivity index (χ4v) is 1.59. The Labute approximate surface area is 98.0 Å².